The maximum atomic E-state index is 4.41. The van der Waals surface area contributed by atoms with Crippen molar-refractivity contribution in [1.82, 2.24) is 15.4 Å². The first-order valence-electron chi connectivity index (χ1n) is 10.9. The number of aromatic nitrogens is 3. The third-order valence-corrected chi connectivity index (χ3v) is 5.33. The molecule has 0 atom stereocenters. The molecule has 0 radical (unpaired) electrons. The van der Waals surface area contributed by atoms with Gasteiger partial charge in [-0.25, -0.2) is 0 Å². The maximum Gasteiger partial charge on any atom is 0.118 e. The SMILES string of the molecule is CCCCCCCN(CCCCCCC)c1ccc2n[nH]nc2c1CC. The van der Waals surface area contributed by atoms with Crippen LogP contribution in [0.4, 0.5) is 5.69 Å². The molecular formula is C22H38N4. The second-order valence-electron chi connectivity index (χ2n) is 7.42. The van der Waals surface area contributed by atoms with Crippen LogP contribution in [0.5, 0.6) is 0 Å². The van der Waals surface area contributed by atoms with E-state index >= 15 is 0 Å². The molecule has 0 saturated carbocycles. The summed E-state index contributed by atoms with van der Waals surface area (Å²) in [6, 6.07) is 4.39. The highest BCUT2D eigenvalue weighted by atomic mass is 15.3. The van der Waals surface area contributed by atoms with Gasteiger partial charge in [-0.3, -0.25) is 0 Å². The third-order valence-electron chi connectivity index (χ3n) is 5.33. The second-order valence-corrected chi connectivity index (χ2v) is 7.42. The van der Waals surface area contributed by atoms with Gasteiger partial charge >= 0.3 is 0 Å². The van der Waals surface area contributed by atoms with Crippen LogP contribution in [0.1, 0.15) is 90.5 Å². The lowest BCUT2D eigenvalue weighted by molar-refractivity contribution is 0.588. The van der Waals surface area contributed by atoms with Crippen molar-refractivity contribution in [3.63, 3.8) is 0 Å². The summed E-state index contributed by atoms with van der Waals surface area (Å²) >= 11 is 0. The van der Waals surface area contributed by atoms with Crippen LogP contribution in [0.15, 0.2) is 12.1 Å². The minimum absolute atomic E-state index is 0.983. The average molecular weight is 359 g/mol. The number of benzene rings is 1. The van der Waals surface area contributed by atoms with Crippen molar-refractivity contribution in [2.75, 3.05) is 18.0 Å². The number of hydrogen-bond donors (Lipinski definition) is 1. The van der Waals surface area contributed by atoms with E-state index in [1.807, 2.05) is 0 Å². The summed E-state index contributed by atoms with van der Waals surface area (Å²) in [4.78, 5) is 2.62. The number of unbranched alkanes of at least 4 members (excludes halogenated alkanes) is 8. The van der Waals surface area contributed by atoms with Crippen molar-refractivity contribution in [2.45, 2.75) is 91.4 Å². The largest absolute Gasteiger partial charge is 0.371 e. The highest BCUT2D eigenvalue weighted by molar-refractivity contribution is 5.83. The Hall–Kier alpha value is -1.58. The molecule has 0 aliphatic carbocycles. The molecule has 26 heavy (non-hydrogen) atoms. The Kier molecular flexibility index (Phi) is 9.51. The van der Waals surface area contributed by atoms with E-state index in [0.717, 1.165) is 30.5 Å². The molecule has 0 aliphatic heterocycles. The summed E-state index contributed by atoms with van der Waals surface area (Å²) in [6.07, 6.45) is 14.3. The van der Waals surface area contributed by atoms with Gasteiger partial charge in [0.05, 0.1) is 0 Å². The first-order chi connectivity index (χ1) is 12.8. The standard InChI is InChI=1S/C22H38N4/c1-4-7-9-11-13-17-26(18-14-12-10-8-5-2)21-16-15-20-22(19(21)6-3)24-25-23-20/h15-16H,4-14,17-18H2,1-3H3,(H,23,24,25). The van der Waals surface area contributed by atoms with Crippen LogP contribution < -0.4 is 4.90 Å². The molecule has 1 aromatic heterocycles. The third kappa shape index (κ3) is 6.00. The zero-order valence-corrected chi connectivity index (χ0v) is 17.2. The van der Waals surface area contributed by atoms with Gasteiger partial charge < -0.3 is 4.90 Å². The van der Waals surface area contributed by atoms with E-state index < -0.39 is 0 Å². The van der Waals surface area contributed by atoms with Crippen LogP contribution in [0, 0.1) is 0 Å². The fourth-order valence-corrected chi connectivity index (χ4v) is 3.77. The van der Waals surface area contributed by atoms with E-state index in [2.05, 4.69) is 53.2 Å². The van der Waals surface area contributed by atoms with Gasteiger partial charge in [0.15, 0.2) is 0 Å². The zero-order valence-electron chi connectivity index (χ0n) is 17.2. The quantitative estimate of drug-likeness (QED) is 0.405. The number of fused-ring (bicyclic) bond motifs is 1. The molecule has 1 N–H and O–H groups in total. The Morgan fingerprint density at radius 2 is 1.38 bits per heavy atom. The highest BCUT2D eigenvalue weighted by Gasteiger charge is 2.15. The molecular weight excluding hydrogens is 320 g/mol. The van der Waals surface area contributed by atoms with Gasteiger partial charge in [0.25, 0.3) is 0 Å². The lowest BCUT2D eigenvalue weighted by Gasteiger charge is -2.27. The van der Waals surface area contributed by atoms with Crippen LogP contribution in [-0.4, -0.2) is 28.5 Å². The summed E-state index contributed by atoms with van der Waals surface area (Å²) in [6.45, 7) is 9.11. The lowest BCUT2D eigenvalue weighted by atomic mass is 10.1. The number of H-pyrrole nitrogens is 1. The number of nitrogens with one attached hydrogen (secondary N) is 1. The Bertz CT molecular complexity index is 606. The average Bonchev–Trinajstić information content (AvgIpc) is 3.14. The van der Waals surface area contributed by atoms with Gasteiger partial charge in [-0.1, -0.05) is 72.1 Å². The molecule has 2 aromatic rings. The molecule has 0 aliphatic rings. The zero-order chi connectivity index (χ0) is 18.6. The number of anilines is 1. The number of hydrogen-bond acceptors (Lipinski definition) is 3. The van der Waals surface area contributed by atoms with Gasteiger partial charge in [-0.05, 0) is 31.4 Å². The molecule has 146 valence electrons. The number of nitrogens with zero attached hydrogens (tertiary/aromatic N) is 3. The Morgan fingerprint density at radius 3 is 1.96 bits per heavy atom. The molecule has 0 amide bonds. The Balaban J connectivity index is 2.05. The van der Waals surface area contributed by atoms with Gasteiger partial charge in [-0.2, -0.15) is 15.4 Å². The summed E-state index contributed by atoms with van der Waals surface area (Å²) in [5.41, 5.74) is 4.75. The van der Waals surface area contributed by atoms with Crippen molar-refractivity contribution in [3.8, 4) is 0 Å². The van der Waals surface area contributed by atoms with E-state index in [9.17, 15) is 0 Å². The summed E-state index contributed by atoms with van der Waals surface area (Å²) in [5, 5.41) is 11.5. The van der Waals surface area contributed by atoms with Gasteiger partial charge in [-0.15, -0.1) is 0 Å². The monoisotopic (exact) mass is 358 g/mol. The van der Waals surface area contributed by atoms with Crippen LogP contribution in [0.2, 0.25) is 0 Å². The summed E-state index contributed by atoms with van der Waals surface area (Å²) in [7, 11) is 0. The molecule has 1 heterocycles. The van der Waals surface area contributed by atoms with E-state index in [4.69, 9.17) is 0 Å². The molecule has 0 saturated heterocycles. The first kappa shape index (κ1) is 20.7. The minimum atomic E-state index is 0.983. The van der Waals surface area contributed by atoms with Crippen molar-refractivity contribution in [3.05, 3.63) is 17.7 Å². The van der Waals surface area contributed by atoms with Gasteiger partial charge in [0.2, 0.25) is 0 Å². The van der Waals surface area contributed by atoms with Crippen molar-refractivity contribution in [2.24, 2.45) is 0 Å². The molecule has 0 spiro atoms. The van der Waals surface area contributed by atoms with Gasteiger partial charge in [0.1, 0.15) is 11.0 Å². The molecule has 1 aromatic carbocycles. The number of aromatic amines is 1. The minimum Gasteiger partial charge on any atom is -0.371 e. The van der Waals surface area contributed by atoms with Crippen LogP contribution in [0.25, 0.3) is 11.0 Å². The Labute approximate surface area is 159 Å². The highest BCUT2D eigenvalue weighted by Crippen LogP contribution is 2.28. The predicted octanol–water partition coefficient (Wildman–Crippen LogP) is 6.27. The smallest absolute Gasteiger partial charge is 0.118 e. The van der Waals surface area contributed by atoms with E-state index in [1.54, 1.807) is 0 Å². The van der Waals surface area contributed by atoms with E-state index in [-0.39, 0.29) is 0 Å². The fraction of sp³-hybridized carbons (Fsp3) is 0.727. The van der Waals surface area contributed by atoms with Crippen molar-refractivity contribution < 1.29 is 0 Å². The van der Waals surface area contributed by atoms with Crippen LogP contribution in [-0.2, 0) is 6.42 Å². The summed E-state index contributed by atoms with van der Waals surface area (Å²) < 4.78 is 0. The van der Waals surface area contributed by atoms with Crippen LogP contribution >= 0.6 is 0 Å². The molecule has 0 unspecified atom stereocenters. The molecule has 4 nitrogen and oxygen atoms in total. The Morgan fingerprint density at radius 1 is 0.769 bits per heavy atom. The molecule has 0 fully saturated rings. The first-order valence-corrected chi connectivity index (χ1v) is 10.9. The van der Waals surface area contributed by atoms with Crippen LogP contribution in [0.3, 0.4) is 0 Å². The van der Waals surface area contributed by atoms with Crippen molar-refractivity contribution >= 4 is 16.7 Å². The maximum absolute atomic E-state index is 4.41. The predicted molar refractivity (Wildman–Crippen MR) is 113 cm³/mol. The summed E-state index contributed by atoms with van der Waals surface area (Å²) in [5.74, 6) is 0. The van der Waals surface area contributed by atoms with Gasteiger partial charge in [0, 0.05) is 24.3 Å². The molecule has 2 rings (SSSR count). The van der Waals surface area contributed by atoms with E-state index in [0.29, 0.717) is 0 Å². The molecule has 0 bridgehead atoms. The molecule has 4 heteroatoms. The fourth-order valence-electron chi connectivity index (χ4n) is 3.77. The topological polar surface area (TPSA) is 44.8 Å². The van der Waals surface area contributed by atoms with Crippen molar-refractivity contribution in [1.29, 1.82) is 0 Å². The number of rotatable bonds is 14. The normalized spacial score (nSPS) is 11.3. The number of aryl methyl sites for hydroxylation is 1. The second kappa shape index (κ2) is 11.9. The van der Waals surface area contributed by atoms with E-state index in [1.165, 1.54) is 75.5 Å². The lowest BCUT2D eigenvalue weighted by Crippen LogP contribution is -2.27.